The third-order valence-corrected chi connectivity index (χ3v) is 11.1. The molecule has 0 radical (unpaired) electrons. The quantitative estimate of drug-likeness (QED) is 0.0764. The molecule has 2 heterocycles. The van der Waals surface area contributed by atoms with Crippen molar-refractivity contribution in [3.8, 4) is 0 Å². The number of aryl methyl sites for hydroxylation is 1. The standard InChI is InChI=1S/C46H78N10O11/c1-24(2)19-30(38(58)51-35(26(5)6)42(62)54-37(28(9)10)44(64)66-15)49-33(57)22-48-40(60)32-17-16-18-56(32)43(63)36(27(7)8)53-41(61)34(25(3)4)52-39(59)31(20-29-21-47-23-55(29)14)50-45(65)67-46(11,12)13/h21,23-28,30-32,34-37H,16-20,22H2,1-15H3,(H,48,60)(H,49,57)(H,50,65)(H,51,58)(H,52,59)(H,53,61)(H,54,62)/t30-,31-,32-,34-,35-,36-,37-/m0/s1. The number of likely N-dealkylation sites (tertiary alicyclic amines) is 1. The molecule has 0 saturated carbocycles. The summed E-state index contributed by atoms with van der Waals surface area (Å²) in [5.41, 5.74) is -0.210. The Hall–Kier alpha value is -5.76. The summed E-state index contributed by atoms with van der Waals surface area (Å²) in [5.74, 6) is -6.62. The predicted molar refractivity (Wildman–Crippen MR) is 248 cm³/mol. The Balaban J connectivity index is 2.17. The summed E-state index contributed by atoms with van der Waals surface area (Å²) in [6, 6.07) is -7.42. The Labute approximate surface area is 395 Å². The minimum absolute atomic E-state index is 0.0354. The molecule has 1 aromatic heterocycles. The molecule has 0 spiro atoms. The van der Waals surface area contributed by atoms with E-state index >= 15 is 0 Å². The van der Waals surface area contributed by atoms with Crippen molar-refractivity contribution in [1.82, 2.24) is 51.7 Å². The van der Waals surface area contributed by atoms with E-state index < -0.39 is 126 Å². The van der Waals surface area contributed by atoms with Gasteiger partial charge in [-0.3, -0.25) is 33.6 Å². The molecule has 67 heavy (non-hydrogen) atoms. The van der Waals surface area contributed by atoms with E-state index in [1.807, 2.05) is 13.8 Å². The van der Waals surface area contributed by atoms with Crippen LogP contribution in [0.1, 0.15) is 115 Å². The summed E-state index contributed by atoms with van der Waals surface area (Å²) >= 11 is 0. The fourth-order valence-electron chi connectivity index (χ4n) is 7.37. The number of rotatable bonds is 23. The minimum atomic E-state index is -1.15. The number of ether oxygens (including phenoxy) is 2. The van der Waals surface area contributed by atoms with Crippen molar-refractivity contribution < 1.29 is 52.6 Å². The van der Waals surface area contributed by atoms with Gasteiger partial charge in [-0.05, 0) is 69.6 Å². The van der Waals surface area contributed by atoms with Gasteiger partial charge in [0, 0.05) is 31.9 Å². The van der Waals surface area contributed by atoms with Crippen LogP contribution in [-0.2, 0) is 61.3 Å². The molecule has 8 amide bonds. The highest BCUT2D eigenvalue weighted by Crippen LogP contribution is 2.21. The van der Waals surface area contributed by atoms with Crippen LogP contribution in [-0.4, -0.2) is 136 Å². The number of carbonyl (C=O) groups is 9. The van der Waals surface area contributed by atoms with Crippen molar-refractivity contribution in [3.63, 3.8) is 0 Å². The molecule has 1 aromatic rings. The largest absolute Gasteiger partial charge is 0.467 e. The van der Waals surface area contributed by atoms with Crippen molar-refractivity contribution in [1.29, 1.82) is 0 Å². The number of amides is 8. The van der Waals surface area contributed by atoms with Gasteiger partial charge in [0.05, 0.1) is 20.0 Å². The van der Waals surface area contributed by atoms with Crippen molar-refractivity contribution in [2.45, 2.75) is 164 Å². The number of nitrogens with one attached hydrogen (secondary N) is 7. The van der Waals surface area contributed by atoms with E-state index in [4.69, 9.17) is 9.47 Å². The lowest BCUT2D eigenvalue weighted by atomic mass is 9.98. The lowest BCUT2D eigenvalue weighted by molar-refractivity contribution is -0.147. The maximum Gasteiger partial charge on any atom is 0.408 e. The second kappa shape index (κ2) is 26.0. The molecule has 1 aliphatic rings. The van der Waals surface area contributed by atoms with Crippen molar-refractivity contribution in [3.05, 3.63) is 18.2 Å². The SMILES string of the molecule is COC(=O)[C@@H](NC(=O)[C@@H](NC(=O)[C@H](CC(C)C)NC(=O)CNC(=O)[C@@H]1CCCN1C(=O)[C@@H](NC(=O)[C@@H](NC(=O)[C@H](Cc1cncn1C)NC(=O)OC(C)(C)C)C(C)C)C(C)C)C(C)C)C(C)C. The number of esters is 1. The average molecular weight is 947 g/mol. The first-order chi connectivity index (χ1) is 31.1. The summed E-state index contributed by atoms with van der Waals surface area (Å²) < 4.78 is 11.9. The van der Waals surface area contributed by atoms with Crippen LogP contribution in [0.25, 0.3) is 0 Å². The zero-order chi connectivity index (χ0) is 51.1. The fraction of sp³-hybridized carbons (Fsp3) is 0.739. The highest BCUT2D eigenvalue weighted by Gasteiger charge is 2.41. The lowest BCUT2D eigenvalue weighted by Gasteiger charge is -2.32. The van der Waals surface area contributed by atoms with Gasteiger partial charge in [-0.15, -0.1) is 0 Å². The molecule has 0 aromatic carbocycles. The van der Waals surface area contributed by atoms with E-state index in [9.17, 15) is 43.2 Å². The molecule has 7 N–H and O–H groups in total. The van der Waals surface area contributed by atoms with Crippen LogP contribution in [0, 0.1) is 29.6 Å². The van der Waals surface area contributed by atoms with E-state index in [2.05, 4.69) is 42.2 Å². The maximum absolute atomic E-state index is 14.2. The van der Waals surface area contributed by atoms with Gasteiger partial charge in [-0.2, -0.15) is 0 Å². The predicted octanol–water partition coefficient (Wildman–Crippen LogP) is 1.23. The van der Waals surface area contributed by atoms with Crippen molar-refractivity contribution >= 4 is 53.4 Å². The fourth-order valence-corrected chi connectivity index (χ4v) is 7.37. The first kappa shape index (κ1) is 57.4. The van der Waals surface area contributed by atoms with Gasteiger partial charge < -0.3 is 56.2 Å². The Morgan fingerprint density at radius 3 is 1.67 bits per heavy atom. The summed E-state index contributed by atoms with van der Waals surface area (Å²) in [5, 5.41) is 18.8. The second-order valence-electron chi connectivity index (χ2n) is 20.0. The number of hydrogen-bond donors (Lipinski definition) is 7. The molecule has 21 heteroatoms. The molecule has 0 aliphatic carbocycles. The first-order valence-electron chi connectivity index (χ1n) is 23.2. The van der Waals surface area contributed by atoms with Gasteiger partial charge in [0.25, 0.3) is 0 Å². The van der Waals surface area contributed by atoms with Gasteiger partial charge in [-0.25, -0.2) is 14.6 Å². The lowest BCUT2D eigenvalue weighted by Crippen LogP contribution is -2.61. The van der Waals surface area contributed by atoms with Crippen LogP contribution >= 0.6 is 0 Å². The van der Waals surface area contributed by atoms with Crippen LogP contribution in [0.3, 0.4) is 0 Å². The number of aromatic nitrogens is 2. The number of carbonyl (C=O) groups excluding carboxylic acids is 9. The Morgan fingerprint density at radius 2 is 1.21 bits per heavy atom. The zero-order valence-corrected chi connectivity index (χ0v) is 42.2. The Morgan fingerprint density at radius 1 is 0.701 bits per heavy atom. The van der Waals surface area contributed by atoms with E-state index in [1.54, 1.807) is 100 Å². The second-order valence-corrected chi connectivity index (χ2v) is 20.0. The monoisotopic (exact) mass is 947 g/mol. The molecule has 1 fully saturated rings. The van der Waals surface area contributed by atoms with E-state index in [0.717, 1.165) is 0 Å². The summed E-state index contributed by atoms with van der Waals surface area (Å²) in [7, 11) is 2.96. The van der Waals surface area contributed by atoms with Crippen LogP contribution in [0.2, 0.25) is 0 Å². The molecule has 0 unspecified atom stereocenters. The normalized spacial score (nSPS) is 16.7. The van der Waals surface area contributed by atoms with Crippen LogP contribution in [0.4, 0.5) is 4.79 Å². The Kier molecular flexibility index (Phi) is 22.2. The third-order valence-electron chi connectivity index (χ3n) is 11.1. The highest BCUT2D eigenvalue weighted by molar-refractivity contribution is 5.97. The van der Waals surface area contributed by atoms with Gasteiger partial charge in [0.2, 0.25) is 41.4 Å². The average Bonchev–Trinajstić information content (AvgIpc) is 3.88. The zero-order valence-electron chi connectivity index (χ0n) is 42.2. The van der Waals surface area contributed by atoms with Crippen molar-refractivity contribution in [2.24, 2.45) is 36.6 Å². The van der Waals surface area contributed by atoms with Crippen LogP contribution in [0.5, 0.6) is 0 Å². The molecule has 378 valence electrons. The smallest absolute Gasteiger partial charge is 0.408 e. The van der Waals surface area contributed by atoms with E-state index in [1.165, 1.54) is 12.0 Å². The minimum Gasteiger partial charge on any atom is -0.467 e. The molecule has 7 atom stereocenters. The Bertz CT molecular complexity index is 1890. The van der Waals surface area contributed by atoms with Gasteiger partial charge in [-0.1, -0.05) is 69.2 Å². The number of methoxy groups -OCH3 is 1. The van der Waals surface area contributed by atoms with Gasteiger partial charge in [0.1, 0.15) is 47.9 Å². The number of nitrogens with zero attached hydrogens (tertiary/aromatic N) is 3. The molecule has 0 bridgehead atoms. The summed E-state index contributed by atoms with van der Waals surface area (Å²) in [6.07, 6.45) is 3.29. The topological polar surface area (TPSA) is 277 Å². The van der Waals surface area contributed by atoms with Gasteiger partial charge in [0.15, 0.2) is 0 Å². The molecular weight excluding hydrogens is 869 g/mol. The van der Waals surface area contributed by atoms with Crippen LogP contribution in [0.15, 0.2) is 12.5 Å². The first-order valence-corrected chi connectivity index (χ1v) is 23.2. The summed E-state index contributed by atoms with van der Waals surface area (Å²) in [6.45, 7) is 22.3. The molecular formula is C46H78N10O11. The maximum atomic E-state index is 14.2. The number of imidazole rings is 1. The molecule has 1 saturated heterocycles. The molecule has 1 aliphatic heterocycles. The van der Waals surface area contributed by atoms with Crippen molar-refractivity contribution in [2.75, 3.05) is 20.2 Å². The number of alkyl carbamates (subject to hydrolysis) is 1. The third kappa shape index (κ3) is 18.1. The van der Waals surface area contributed by atoms with Gasteiger partial charge >= 0.3 is 12.1 Å². The summed E-state index contributed by atoms with van der Waals surface area (Å²) in [4.78, 5) is 126. The van der Waals surface area contributed by atoms with E-state index in [0.29, 0.717) is 12.1 Å². The number of hydrogen-bond acceptors (Lipinski definition) is 12. The highest BCUT2D eigenvalue weighted by atomic mass is 16.6. The molecule has 2 rings (SSSR count). The molecule has 21 nitrogen and oxygen atoms in total. The van der Waals surface area contributed by atoms with Crippen LogP contribution < -0.4 is 37.2 Å². The van der Waals surface area contributed by atoms with E-state index in [-0.39, 0.29) is 37.6 Å².